The zero-order chi connectivity index (χ0) is 23.6. The summed E-state index contributed by atoms with van der Waals surface area (Å²) in [7, 11) is 0. The van der Waals surface area contributed by atoms with Gasteiger partial charge in [-0.05, 0) is 46.1 Å². The Bertz CT molecular complexity index is 1050. The van der Waals surface area contributed by atoms with Crippen LogP contribution >= 0.6 is 0 Å². The van der Waals surface area contributed by atoms with Crippen molar-refractivity contribution in [3.05, 3.63) is 52.6 Å². The van der Waals surface area contributed by atoms with E-state index in [1.807, 2.05) is 13.0 Å². The van der Waals surface area contributed by atoms with Crippen LogP contribution in [0.4, 0.5) is 0 Å². The third-order valence-corrected chi connectivity index (χ3v) is 5.82. The van der Waals surface area contributed by atoms with E-state index in [1.165, 1.54) is 6.07 Å². The van der Waals surface area contributed by atoms with Gasteiger partial charge in [-0.15, -0.1) is 0 Å². The molecule has 1 unspecified atom stereocenters. The maximum atomic E-state index is 12.4. The molecule has 0 saturated heterocycles. The molecule has 0 spiro atoms. The van der Waals surface area contributed by atoms with Gasteiger partial charge in [0, 0.05) is 29.5 Å². The quantitative estimate of drug-likeness (QED) is 0.320. The molecule has 1 aliphatic rings. The SMILES string of the molecule is C/C(=C\Cc1cccc(O)c1O)C(CCC(C)(C)O)c1c(O)cc(O)c2c1OCCC2=O. The molecule has 2 aromatic rings. The Morgan fingerprint density at radius 1 is 1.16 bits per heavy atom. The van der Waals surface area contributed by atoms with Crippen LogP contribution in [0, 0.1) is 0 Å². The van der Waals surface area contributed by atoms with Crippen molar-refractivity contribution in [3.8, 4) is 28.7 Å². The summed E-state index contributed by atoms with van der Waals surface area (Å²) in [6, 6.07) is 5.90. The average molecular weight is 443 g/mol. The maximum Gasteiger partial charge on any atom is 0.173 e. The standard InChI is InChI=1S/C25H30O7/c1-14(7-8-15-5-4-6-18(27)23(15)30)16(9-11-25(2,3)31)21-19(28)13-20(29)22-17(26)10-12-32-24(21)22/h4-7,13,16,27-31H,8-12H2,1-3H3/b14-7+. The number of rotatable bonds is 7. The van der Waals surface area contributed by atoms with E-state index < -0.39 is 11.5 Å². The fourth-order valence-corrected chi connectivity index (χ4v) is 4.03. The number of hydrogen-bond acceptors (Lipinski definition) is 7. The lowest BCUT2D eigenvalue weighted by molar-refractivity contribution is 0.0672. The van der Waals surface area contributed by atoms with Crippen molar-refractivity contribution >= 4 is 5.78 Å². The molecule has 7 nitrogen and oxygen atoms in total. The Kier molecular flexibility index (Phi) is 6.69. The zero-order valence-electron chi connectivity index (χ0n) is 18.6. The van der Waals surface area contributed by atoms with Crippen molar-refractivity contribution in [2.75, 3.05) is 6.61 Å². The molecule has 0 radical (unpaired) electrons. The Hall–Kier alpha value is -3.19. The molecule has 0 fully saturated rings. The van der Waals surface area contributed by atoms with Gasteiger partial charge in [0.1, 0.15) is 22.8 Å². The minimum Gasteiger partial charge on any atom is -0.507 e. The van der Waals surface area contributed by atoms with E-state index in [0.29, 0.717) is 30.4 Å². The third kappa shape index (κ3) is 4.99. The van der Waals surface area contributed by atoms with E-state index in [1.54, 1.807) is 26.0 Å². The summed E-state index contributed by atoms with van der Waals surface area (Å²) in [5.41, 5.74) is 0.862. The smallest absolute Gasteiger partial charge is 0.173 e. The molecule has 7 heteroatoms. The van der Waals surface area contributed by atoms with Crippen LogP contribution in [0.5, 0.6) is 28.7 Å². The van der Waals surface area contributed by atoms with Gasteiger partial charge in [0.2, 0.25) is 0 Å². The van der Waals surface area contributed by atoms with Crippen molar-refractivity contribution in [1.29, 1.82) is 0 Å². The lowest BCUT2D eigenvalue weighted by Crippen LogP contribution is -2.21. The van der Waals surface area contributed by atoms with Crippen LogP contribution in [0.15, 0.2) is 35.9 Å². The predicted molar refractivity (Wildman–Crippen MR) is 120 cm³/mol. The Morgan fingerprint density at radius 3 is 2.56 bits per heavy atom. The Labute approximate surface area is 187 Å². The number of hydrogen-bond donors (Lipinski definition) is 5. The molecular weight excluding hydrogens is 412 g/mol. The van der Waals surface area contributed by atoms with Crippen LogP contribution in [-0.2, 0) is 6.42 Å². The lowest BCUT2D eigenvalue weighted by atomic mass is 9.81. The molecule has 1 heterocycles. The van der Waals surface area contributed by atoms with Gasteiger partial charge >= 0.3 is 0 Å². The Balaban J connectivity index is 2.06. The van der Waals surface area contributed by atoms with Gasteiger partial charge in [-0.3, -0.25) is 4.79 Å². The molecule has 0 bridgehead atoms. The van der Waals surface area contributed by atoms with Gasteiger partial charge in [0.25, 0.3) is 0 Å². The molecule has 32 heavy (non-hydrogen) atoms. The average Bonchev–Trinajstić information content (AvgIpc) is 2.70. The molecule has 0 aliphatic carbocycles. The molecule has 1 aliphatic heterocycles. The summed E-state index contributed by atoms with van der Waals surface area (Å²) in [6.45, 7) is 5.40. The summed E-state index contributed by atoms with van der Waals surface area (Å²) in [5, 5.41) is 51.1. The first-order valence-electron chi connectivity index (χ1n) is 10.6. The number of allylic oxidation sites excluding steroid dienone is 2. The van der Waals surface area contributed by atoms with Crippen LogP contribution in [0.25, 0.3) is 0 Å². The highest BCUT2D eigenvalue weighted by Gasteiger charge is 2.32. The highest BCUT2D eigenvalue weighted by molar-refractivity contribution is 6.03. The fraction of sp³-hybridized carbons (Fsp3) is 0.400. The van der Waals surface area contributed by atoms with Gasteiger partial charge < -0.3 is 30.3 Å². The van der Waals surface area contributed by atoms with Gasteiger partial charge in [-0.25, -0.2) is 0 Å². The molecule has 1 atom stereocenters. The minimum absolute atomic E-state index is 0.0655. The molecule has 3 rings (SSSR count). The second-order valence-electron chi connectivity index (χ2n) is 8.90. The summed E-state index contributed by atoms with van der Waals surface area (Å²) >= 11 is 0. The van der Waals surface area contributed by atoms with Gasteiger partial charge in [0.15, 0.2) is 17.3 Å². The normalized spacial score (nSPS) is 15.2. The Morgan fingerprint density at radius 2 is 1.88 bits per heavy atom. The second-order valence-corrected chi connectivity index (χ2v) is 8.90. The van der Waals surface area contributed by atoms with Crippen LogP contribution < -0.4 is 4.74 Å². The number of benzene rings is 2. The largest absolute Gasteiger partial charge is 0.507 e. The van der Waals surface area contributed by atoms with E-state index in [4.69, 9.17) is 4.74 Å². The molecule has 172 valence electrons. The van der Waals surface area contributed by atoms with Crippen molar-refractivity contribution in [2.45, 2.75) is 58.0 Å². The van der Waals surface area contributed by atoms with Crippen molar-refractivity contribution in [2.24, 2.45) is 0 Å². The maximum absolute atomic E-state index is 12.4. The van der Waals surface area contributed by atoms with Crippen molar-refractivity contribution < 1.29 is 35.1 Å². The molecule has 5 N–H and O–H groups in total. The van der Waals surface area contributed by atoms with Crippen LogP contribution in [0.1, 0.15) is 67.4 Å². The van der Waals surface area contributed by atoms with E-state index in [-0.39, 0.29) is 53.1 Å². The van der Waals surface area contributed by atoms with E-state index in [2.05, 4.69) is 0 Å². The van der Waals surface area contributed by atoms with Crippen LogP contribution in [0.2, 0.25) is 0 Å². The molecule has 0 saturated carbocycles. The number of aliphatic hydroxyl groups is 1. The van der Waals surface area contributed by atoms with E-state index in [9.17, 15) is 30.3 Å². The number of fused-ring (bicyclic) bond motifs is 1. The second kappa shape index (κ2) is 9.12. The molecule has 0 amide bonds. The number of para-hydroxylation sites is 1. The van der Waals surface area contributed by atoms with Crippen molar-refractivity contribution in [3.63, 3.8) is 0 Å². The highest BCUT2D eigenvalue weighted by Crippen LogP contribution is 2.48. The summed E-state index contributed by atoms with van der Waals surface area (Å²) in [4.78, 5) is 12.4. The topological polar surface area (TPSA) is 127 Å². The predicted octanol–water partition coefficient (Wildman–Crippen LogP) is 4.30. The van der Waals surface area contributed by atoms with E-state index >= 15 is 0 Å². The summed E-state index contributed by atoms with van der Waals surface area (Å²) in [6.07, 6.45) is 3.19. The fourth-order valence-electron chi connectivity index (χ4n) is 4.03. The number of ketones is 1. The number of ether oxygens (including phenoxy) is 1. The third-order valence-electron chi connectivity index (χ3n) is 5.82. The monoisotopic (exact) mass is 442 g/mol. The van der Waals surface area contributed by atoms with Gasteiger partial charge in [-0.1, -0.05) is 23.8 Å². The number of phenolic OH excluding ortho intramolecular Hbond substituents is 4. The number of carbonyl (C=O) groups excluding carboxylic acids is 1. The van der Waals surface area contributed by atoms with Crippen LogP contribution in [-0.4, -0.2) is 43.5 Å². The molecular formula is C25H30O7. The molecule has 0 aromatic heterocycles. The summed E-state index contributed by atoms with van der Waals surface area (Å²) < 4.78 is 5.74. The lowest BCUT2D eigenvalue weighted by Gasteiger charge is -2.28. The van der Waals surface area contributed by atoms with Gasteiger partial charge in [-0.2, -0.15) is 0 Å². The first-order valence-corrected chi connectivity index (χ1v) is 10.6. The van der Waals surface area contributed by atoms with E-state index in [0.717, 1.165) is 11.6 Å². The van der Waals surface area contributed by atoms with Crippen molar-refractivity contribution in [1.82, 2.24) is 0 Å². The number of carbonyl (C=O) groups is 1. The number of phenols is 4. The molecule has 2 aromatic carbocycles. The first-order chi connectivity index (χ1) is 15.0. The van der Waals surface area contributed by atoms with Crippen LogP contribution in [0.3, 0.4) is 0 Å². The summed E-state index contributed by atoms with van der Waals surface area (Å²) in [5.74, 6) is -1.40. The number of Topliss-reactive ketones (excluding diaryl/α,β-unsaturated/α-hetero) is 1. The highest BCUT2D eigenvalue weighted by atomic mass is 16.5. The first kappa shape index (κ1) is 23.5. The zero-order valence-corrected chi connectivity index (χ0v) is 18.6. The minimum atomic E-state index is -0.953. The number of aromatic hydroxyl groups is 4. The van der Waals surface area contributed by atoms with Gasteiger partial charge in [0.05, 0.1) is 12.2 Å².